The maximum atomic E-state index is 12.2. The molecule has 0 aliphatic carbocycles. The van der Waals surface area contributed by atoms with Crippen LogP contribution in [0.4, 0.5) is 21.9 Å². The Morgan fingerprint density at radius 2 is 0.978 bits per heavy atom. The average molecular weight is 1350 g/mol. The Kier molecular flexibility index (Phi) is 24.3. The second-order valence-electron chi connectivity index (χ2n) is 20.6. The van der Waals surface area contributed by atoms with E-state index in [0.29, 0.717) is 60.7 Å². The standard InChI is InChI=1S/C21H22N6O2S.C19H20N8O2S.C15H17N5O.C4H4BrN3OS/c1-2-19(29)20-25-26-21(30-20)27-10-8-14(13-27)18-7-6-16(23-24-18)12-17(28)11-15-5-3-4-9-22-15;1-20-17(29)18-25-26-19(30-18)27-9-7-12(11-27)14-5-6-15(24-23-14)22-16(28)10-13-4-2-3-8-21-13;21-15(9-12-3-1-2-7-17-12)18-14-5-4-13(19-20-14)11-6-8-16-10-11;1-6-2(9)3-7-8-4(5)10-3/h3-7,9,14H,2,8,10-13H2,1H3;2-6,8,12H,7,9-11H2,1H3,(H,20,29)(H,22,24,28);1-5,7,11,16H,6,8-10H2,(H,18,20,21);1H3,(H,6,9). The van der Waals surface area contributed by atoms with Gasteiger partial charge in [0.2, 0.25) is 32.1 Å². The van der Waals surface area contributed by atoms with Crippen LogP contribution in [0.5, 0.6) is 0 Å². The zero-order valence-corrected chi connectivity index (χ0v) is 53.7. The van der Waals surface area contributed by atoms with Crippen molar-refractivity contribution in [1.82, 2.24) is 92.1 Å². The monoisotopic (exact) mass is 1350 g/mol. The molecular formula is C59H63BrN22O6S3. The number of Topliss-reactive ketones (excluding diaryl/α,β-unsaturated/α-hetero) is 2. The van der Waals surface area contributed by atoms with E-state index >= 15 is 0 Å². The number of aromatic nitrogens is 15. The van der Waals surface area contributed by atoms with E-state index in [1.807, 2.05) is 79.7 Å². The van der Waals surface area contributed by atoms with Crippen LogP contribution >= 0.6 is 49.9 Å². The minimum Gasteiger partial charge on any atom is -0.353 e. The van der Waals surface area contributed by atoms with Crippen molar-refractivity contribution in [2.45, 2.75) is 76.0 Å². The molecule has 3 saturated heterocycles. The highest BCUT2D eigenvalue weighted by molar-refractivity contribution is 9.11. The summed E-state index contributed by atoms with van der Waals surface area (Å²) in [5.41, 5.74) is 5.60. The molecule has 3 atom stereocenters. The predicted octanol–water partition coefficient (Wildman–Crippen LogP) is 5.71. The highest BCUT2D eigenvalue weighted by atomic mass is 79.9. The Hall–Kier alpha value is -9.37. The van der Waals surface area contributed by atoms with Gasteiger partial charge >= 0.3 is 0 Å². The highest BCUT2D eigenvalue weighted by Crippen LogP contribution is 2.33. The summed E-state index contributed by atoms with van der Waals surface area (Å²) >= 11 is 6.92. The van der Waals surface area contributed by atoms with E-state index in [1.54, 1.807) is 50.9 Å². The number of amides is 4. The second-order valence-corrected chi connectivity index (χ2v) is 24.7. The van der Waals surface area contributed by atoms with Gasteiger partial charge in [0, 0.05) is 113 Å². The lowest BCUT2D eigenvalue weighted by molar-refractivity contribution is -0.118. The van der Waals surface area contributed by atoms with Crippen LogP contribution in [0.2, 0.25) is 0 Å². The molecule has 470 valence electrons. The molecule has 0 saturated carbocycles. The quantitative estimate of drug-likeness (QED) is 0.0605. The van der Waals surface area contributed by atoms with Crippen LogP contribution in [0.1, 0.15) is 120 Å². The number of hydrogen-bond acceptors (Lipinski definition) is 27. The van der Waals surface area contributed by atoms with E-state index in [-0.39, 0.29) is 66.3 Å². The first-order valence-corrected chi connectivity index (χ1v) is 32.2. The Balaban J connectivity index is 0.000000152. The van der Waals surface area contributed by atoms with Crippen molar-refractivity contribution in [2.24, 2.45) is 0 Å². The Labute approximate surface area is 543 Å². The van der Waals surface area contributed by atoms with Gasteiger partial charge in [-0.3, -0.25) is 43.7 Å². The maximum Gasteiger partial charge on any atom is 0.282 e. The largest absolute Gasteiger partial charge is 0.353 e. The fourth-order valence-electron chi connectivity index (χ4n) is 9.42. The molecule has 0 radical (unpaired) electrons. The van der Waals surface area contributed by atoms with E-state index in [4.69, 9.17) is 0 Å². The van der Waals surface area contributed by atoms with Gasteiger partial charge < -0.3 is 36.4 Å². The van der Waals surface area contributed by atoms with Crippen molar-refractivity contribution in [3.8, 4) is 0 Å². The lowest BCUT2D eigenvalue weighted by Gasteiger charge is -2.13. The summed E-state index contributed by atoms with van der Waals surface area (Å²) in [6.45, 7) is 6.92. The molecule has 3 aliphatic rings. The van der Waals surface area contributed by atoms with E-state index in [0.717, 1.165) is 97.3 Å². The third-order valence-corrected chi connectivity index (χ3v) is 17.5. The molecule has 0 bridgehead atoms. The smallest absolute Gasteiger partial charge is 0.282 e. The van der Waals surface area contributed by atoms with E-state index < -0.39 is 0 Å². The Morgan fingerprint density at radius 1 is 0.505 bits per heavy atom. The van der Waals surface area contributed by atoms with Crippen LogP contribution in [0.15, 0.2) is 114 Å². The molecule has 32 heteroatoms. The van der Waals surface area contributed by atoms with Crippen LogP contribution in [0.3, 0.4) is 0 Å². The zero-order valence-electron chi connectivity index (χ0n) is 49.7. The SMILES string of the molecule is CCC(=O)c1nnc(N2CCC(c3ccc(CC(=O)Cc4ccccn4)nn3)C2)s1.CNC(=O)c1nnc(Br)s1.CNC(=O)c1nnc(N2CCC(c3ccc(NC(=O)Cc4ccccn4)nn3)C2)s1.O=C(Cc1ccccn1)Nc1ccc(C2CCNC2)nn1. The van der Waals surface area contributed by atoms with Crippen molar-refractivity contribution in [3.63, 3.8) is 0 Å². The van der Waals surface area contributed by atoms with Gasteiger partial charge in [-0.05, 0) is 115 Å². The molecule has 0 aromatic carbocycles. The Morgan fingerprint density at radius 3 is 1.42 bits per heavy atom. The zero-order chi connectivity index (χ0) is 63.9. The van der Waals surface area contributed by atoms with Gasteiger partial charge in [0.1, 0.15) is 5.78 Å². The molecule has 9 aromatic heterocycles. The summed E-state index contributed by atoms with van der Waals surface area (Å²) < 4.78 is 0.617. The number of halogens is 1. The van der Waals surface area contributed by atoms with Crippen LogP contribution in [0.25, 0.3) is 0 Å². The summed E-state index contributed by atoms with van der Waals surface area (Å²) in [6.07, 6.45) is 9.33. The van der Waals surface area contributed by atoms with Crippen LogP contribution in [-0.2, 0) is 40.1 Å². The van der Waals surface area contributed by atoms with E-state index in [1.165, 1.54) is 34.0 Å². The van der Waals surface area contributed by atoms with Crippen LogP contribution in [0, 0.1) is 0 Å². The summed E-state index contributed by atoms with van der Waals surface area (Å²) in [5.74, 6) is 1.07. The van der Waals surface area contributed by atoms with Crippen molar-refractivity contribution in [3.05, 3.63) is 168 Å². The molecule has 3 unspecified atom stereocenters. The van der Waals surface area contributed by atoms with Gasteiger partial charge in [-0.1, -0.05) is 59.1 Å². The molecule has 3 fully saturated rings. The van der Waals surface area contributed by atoms with Crippen molar-refractivity contribution >= 4 is 107 Å². The van der Waals surface area contributed by atoms with Crippen molar-refractivity contribution in [2.75, 3.05) is 73.8 Å². The van der Waals surface area contributed by atoms with Gasteiger partial charge in [-0.15, -0.1) is 40.8 Å². The molecule has 5 N–H and O–H groups in total. The van der Waals surface area contributed by atoms with Crippen LogP contribution < -0.4 is 36.4 Å². The maximum absolute atomic E-state index is 12.2. The molecule has 3 aliphatic heterocycles. The van der Waals surface area contributed by atoms with E-state index in [2.05, 4.69) is 128 Å². The average Bonchev–Trinajstić information content (AvgIpc) is 2.14. The molecule has 12 rings (SSSR count). The summed E-state index contributed by atoms with van der Waals surface area (Å²) in [7, 11) is 3.12. The summed E-state index contributed by atoms with van der Waals surface area (Å²) in [5, 5.41) is 65.3. The first kappa shape index (κ1) is 66.1. The lowest BCUT2D eigenvalue weighted by Crippen LogP contribution is -2.19. The third-order valence-electron chi connectivity index (χ3n) is 14.1. The van der Waals surface area contributed by atoms with Crippen molar-refractivity contribution < 1.29 is 28.8 Å². The fraction of sp³-hybridized carbons (Fsp3) is 0.339. The number of carbonyl (C=O) groups excluding carboxylic acids is 6. The third kappa shape index (κ3) is 19.8. The van der Waals surface area contributed by atoms with E-state index in [9.17, 15) is 28.8 Å². The molecular weight excluding hydrogens is 1290 g/mol. The van der Waals surface area contributed by atoms with Gasteiger partial charge in [0.05, 0.1) is 42.0 Å². The molecule has 28 nitrogen and oxygen atoms in total. The number of nitrogens with one attached hydrogen (secondary N) is 5. The Bertz CT molecular complexity index is 3660. The first-order chi connectivity index (χ1) is 44.3. The molecule has 12 heterocycles. The minimum atomic E-state index is -0.235. The predicted molar refractivity (Wildman–Crippen MR) is 344 cm³/mol. The van der Waals surface area contributed by atoms with Crippen molar-refractivity contribution in [1.29, 1.82) is 0 Å². The van der Waals surface area contributed by atoms with Gasteiger partial charge in [0.15, 0.2) is 26.3 Å². The minimum absolute atomic E-state index is 0.0218. The number of anilines is 4. The van der Waals surface area contributed by atoms with Gasteiger partial charge in [-0.25, -0.2) is 0 Å². The number of nitrogens with zero attached hydrogens (tertiary/aromatic N) is 17. The molecule has 91 heavy (non-hydrogen) atoms. The number of hydrogen-bond donors (Lipinski definition) is 5. The highest BCUT2D eigenvalue weighted by Gasteiger charge is 2.30. The number of rotatable bonds is 19. The number of ketones is 2. The summed E-state index contributed by atoms with van der Waals surface area (Å²) in [4.78, 5) is 87.2. The number of pyridine rings is 3. The van der Waals surface area contributed by atoms with Gasteiger partial charge in [0.25, 0.3) is 11.8 Å². The molecule has 4 amide bonds. The first-order valence-electron chi connectivity index (χ1n) is 28.9. The molecule has 0 spiro atoms. The van der Waals surface area contributed by atoms with Gasteiger partial charge in [-0.2, -0.15) is 20.4 Å². The topological polar surface area (TPSA) is 362 Å². The van der Waals surface area contributed by atoms with Crippen LogP contribution in [-0.4, -0.2) is 165 Å². The molecule has 9 aromatic rings. The number of carbonyl (C=O) groups is 6. The summed E-state index contributed by atoms with van der Waals surface area (Å²) in [6, 6.07) is 27.7. The lowest BCUT2D eigenvalue weighted by atomic mass is 10.0. The normalized spacial score (nSPS) is 15.6. The fourth-order valence-corrected chi connectivity index (χ4v) is 12.2. The second kappa shape index (κ2) is 33.5.